The highest BCUT2D eigenvalue weighted by molar-refractivity contribution is 6.30. The van der Waals surface area contributed by atoms with E-state index in [1.807, 2.05) is 30.3 Å². The van der Waals surface area contributed by atoms with Crippen molar-refractivity contribution >= 4 is 23.5 Å². The van der Waals surface area contributed by atoms with Crippen LogP contribution < -0.4 is 5.32 Å². The number of phenolic OH excluding ortho intramolecular Hbond substituents is 1. The number of esters is 1. The molecule has 0 fully saturated rings. The molecule has 2 N–H and O–H groups in total. The zero-order valence-electron chi connectivity index (χ0n) is 13.0. The summed E-state index contributed by atoms with van der Waals surface area (Å²) in [5.41, 5.74) is 1.17. The Labute approximate surface area is 145 Å². The van der Waals surface area contributed by atoms with Gasteiger partial charge in [0.2, 0.25) is 0 Å². The Morgan fingerprint density at radius 2 is 1.88 bits per heavy atom. The van der Waals surface area contributed by atoms with Gasteiger partial charge in [-0.25, -0.2) is 4.79 Å². The average molecular weight is 348 g/mol. The third-order valence-corrected chi connectivity index (χ3v) is 3.56. The number of halogens is 1. The molecule has 0 radical (unpaired) electrons. The quantitative estimate of drug-likeness (QED) is 0.596. The van der Waals surface area contributed by atoms with E-state index in [4.69, 9.17) is 16.3 Å². The van der Waals surface area contributed by atoms with Crippen molar-refractivity contribution < 1.29 is 19.4 Å². The molecule has 126 valence electrons. The molecule has 24 heavy (non-hydrogen) atoms. The van der Waals surface area contributed by atoms with E-state index in [0.717, 1.165) is 12.8 Å². The number of benzene rings is 2. The van der Waals surface area contributed by atoms with Crippen LogP contribution in [0.5, 0.6) is 5.75 Å². The first-order valence-corrected chi connectivity index (χ1v) is 7.90. The minimum absolute atomic E-state index is 0.0312. The number of carbonyl (C=O) groups excluding carboxylic acids is 2. The molecular formula is C18H18ClNO4. The molecule has 2 aromatic carbocycles. The van der Waals surface area contributed by atoms with E-state index in [1.54, 1.807) is 0 Å². The van der Waals surface area contributed by atoms with Gasteiger partial charge in [0, 0.05) is 11.6 Å². The molecule has 6 heteroatoms. The lowest BCUT2D eigenvalue weighted by molar-refractivity contribution is -0.124. The summed E-state index contributed by atoms with van der Waals surface area (Å²) >= 11 is 5.69. The largest absolute Gasteiger partial charge is 0.507 e. The highest BCUT2D eigenvalue weighted by atomic mass is 35.5. The van der Waals surface area contributed by atoms with Crippen LogP contribution in [0.4, 0.5) is 0 Å². The lowest BCUT2D eigenvalue weighted by Gasteiger charge is -2.08. The Kier molecular flexibility index (Phi) is 6.63. The van der Waals surface area contributed by atoms with Crippen molar-refractivity contribution in [2.24, 2.45) is 0 Å². The molecule has 0 bridgehead atoms. The predicted molar refractivity (Wildman–Crippen MR) is 91.2 cm³/mol. The van der Waals surface area contributed by atoms with Crippen molar-refractivity contribution in [1.29, 1.82) is 0 Å². The fourth-order valence-electron chi connectivity index (χ4n) is 2.10. The number of hydrogen-bond donors (Lipinski definition) is 2. The Hall–Kier alpha value is -2.53. The van der Waals surface area contributed by atoms with Gasteiger partial charge in [-0.05, 0) is 36.6 Å². The second kappa shape index (κ2) is 8.93. The zero-order chi connectivity index (χ0) is 17.4. The van der Waals surface area contributed by atoms with Crippen LogP contribution in [0.1, 0.15) is 22.3 Å². The van der Waals surface area contributed by atoms with Crippen molar-refractivity contribution in [3.63, 3.8) is 0 Å². The minimum Gasteiger partial charge on any atom is -0.507 e. The fourth-order valence-corrected chi connectivity index (χ4v) is 2.27. The van der Waals surface area contributed by atoms with Gasteiger partial charge in [-0.2, -0.15) is 0 Å². The van der Waals surface area contributed by atoms with Gasteiger partial charge in [0.15, 0.2) is 6.61 Å². The normalized spacial score (nSPS) is 10.2. The van der Waals surface area contributed by atoms with E-state index in [9.17, 15) is 14.7 Å². The molecule has 0 saturated carbocycles. The standard InChI is InChI=1S/C18H18ClNO4/c19-14-8-9-15(16(21)11-14)18(23)24-12-17(22)20-10-4-7-13-5-2-1-3-6-13/h1-3,5-6,8-9,11,21H,4,7,10,12H2,(H,20,22). The van der Waals surface area contributed by atoms with Gasteiger partial charge in [-0.3, -0.25) is 4.79 Å². The molecule has 1 amide bonds. The van der Waals surface area contributed by atoms with E-state index in [2.05, 4.69) is 5.32 Å². The monoisotopic (exact) mass is 347 g/mol. The molecule has 0 heterocycles. The van der Waals surface area contributed by atoms with E-state index in [0.29, 0.717) is 11.6 Å². The van der Waals surface area contributed by atoms with Gasteiger partial charge in [0.05, 0.1) is 0 Å². The molecule has 0 aliphatic carbocycles. The van der Waals surface area contributed by atoms with E-state index in [-0.39, 0.29) is 17.2 Å². The summed E-state index contributed by atoms with van der Waals surface area (Å²) in [4.78, 5) is 23.4. The van der Waals surface area contributed by atoms with Crippen molar-refractivity contribution in [2.45, 2.75) is 12.8 Å². The number of aryl methyl sites for hydroxylation is 1. The predicted octanol–water partition coefficient (Wildman–Crippen LogP) is 2.95. The van der Waals surface area contributed by atoms with Gasteiger partial charge in [-0.15, -0.1) is 0 Å². The van der Waals surface area contributed by atoms with Crippen LogP contribution in [0.25, 0.3) is 0 Å². The highest BCUT2D eigenvalue weighted by Crippen LogP contribution is 2.22. The minimum atomic E-state index is -0.774. The number of aromatic hydroxyl groups is 1. The lowest BCUT2D eigenvalue weighted by atomic mass is 10.1. The molecule has 0 aromatic heterocycles. The van der Waals surface area contributed by atoms with Crippen LogP contribution in [0.15, 0.2) is 48.5 Å². The van der Waals surface area contributed by atoms with Crippen LogP contribution in [0, 0.1) is 0 Å². The summed E-state index contributed by atoms with van der Waals surface area (Å²) in [6.07, 6.45) is 1.65. The molecule has 2 rings (SSSR count). The van der Waals surface area contributed by atoms with Crippen molar-refractivity contribution in [2.75, 3.05) is 13.2 Å². The maximum atomic E-state index is 11.8. The maximum Gasteiger partial charge on any atom is 0.342 e. The summed E-state index contributed by atoms with van der Waals surface area (Å²) in [6, 6.07) is 14.0. The first-order valence-electron chi connectivity index (χ1n) is 7.52. The third kappa shape index (κ3) is 5.59. The number of phenols is 1. The summed E-state index contributed by atoms with van der Waals surface area (Å²) in [6.45, 7) is 0.101. The van der Waals surface area contributed by atoms with Crippen molar-refractivity contribution in [1.82, 2.24) is 5.32 Å². The smallest absolute Gasteiger partial charge is 0.342 e. The van der Waals surface area contributed by atoms with Crippen LogP contribution in [-0.2, 0) is 16.0 Å². The Morgan fingerprint density at radius 1 is 1.12 bits per heavy atom. The van der Waals surface area contributed by atoms with Crippen LogP contribution in [-0.4, -0.2) is 30.1 Å². The molecule has 0 aliphatic rings. The first-order chi connectivity index (χ1) is 11.6. The average Bonchev–Trinajstić information content (AvgIpc) is 2.57. The van der Waals surface area contributed by atoms with Crippen LogP contribution in [0.2, 0.25) is 5.02 Å². The number of carbonyl (C=O) groups is 2. The van der Waals surface area contributed by atoms with E-state index < -0.39 is 12.6 Å². The molecule has 0 saturated heterocycles. The van der Waals surface area contributed by atoms with Crippen LogP contribution in [0.3, 0.4) is 0 Å². The molecule has 0 spiro atoms. The van der Waals surface area contributed by atoms with Gasteiger partial charge in [-0.1, -0.05) is 41.9 Å². The SMILES string of the molecule is O=C(COC(=O)c1ccc(Cl)cc1O)NCCCc1ccccc1. The molecule has 0 atom stereocenters. The second-order valence-corrected chi connectivity index (χ2v) is 5.61. The molecular weight excluding hydrogens is 330 g/mol. The van der Waals surface area contributed by atoms with Gasteiger partial charge in [0.25, 0.3) is 5.91 Å². The number of nitrogens with one attached hydrogen (secondary N) is 1. The van der Waals surface area contributed by atoms with Crippen LogP contribution >= 0.6 is 11.6 Å². The molecule has 0 aliphatic heterocycles. The maximum absolute atomic E-state index is 11.8. The number of hydrogen-bond acceptors (Lipinski definition) is 4. The molecule has 2 aromatic rings. The molecule has 0 unspecified atom stereocenters. The molecule has 5 nitrogen and oxygen atoms in total. The van der Waals surface area contributed by atoms with Gasteiger partial charge >= 0.3 is 5.97 Å². The van der Waals surface area contributed by atoms with Gasteiger partial charge < -0.3 is 15.2 Å². The fraction of sp³-hybridized carbons (Fsp3) is 0.222. The number of ether oxygens (including phenoxy) is 1. The van der Waals surface area contributed by atoms with Crippen molar-refractivity contribution in [3.05, 3.63) is 64.7 Å². The lowest BCUT2D eigenvalue weighted by Crippen LogP contribution is -2.29. The summed E-state index contributed by atoms with van der Waals surface area (Å²) in [5.74, 6) is -1.44. The zero-order valence-corrected chi connectivity index (χ0v) is 13.8. The Balaban J connectivity index is 1.68. The first kappa shape index (κ1) is 17.8. The summed E-state index contributed by atoms with van der Waals surface area (Å²) < 4.78 is 4.87. The van der Waals surface area contributed by atoms with Crippen molar-refractivity contribution in [3.8, 4) is 5.75 Å². The Morgan fingerprint density at radius 3 is 2.58 bits per heavy atom. The number of rotatable bonds is 7. The highest BCUT2D eigenvalue weighted by Gasteiger charge is 2.14. The van der Waals surface area contributed by atoms with Gasteiger partial charge in [0.1, 0.15) is 11.3 Å². The third-order valence-electron chi connectivity index (χ3n) is 3.32. The summed E-state index contributed by atoms with van der Waals surface area (Å²) in [5, 5.41) is 12.6. The second-order valence-electron chi connectivity index (χ2n) is 5.18. The summed E-state index contributed by atoms with van der Waals surface area (Å²) in [7, 11) is 0. The van der Waals surface area contributed by atoms with E-state index >= 15 is 0 Å². The topological polar surface area (TPSA) is 75.6 Å². The Bertz CT molecular complexity index is 703. The van der Waals surface area contributed by atoms with E-state index in [1.165, 1.54) is 23.8 Å². The number of amides is 1.